The van der Waals surface area contributed by atoms with Crippen LogP contribution in [-0.2, 0) is 6.54 Å². The van der Waals surface area contributed by atoms with E-state index in [1.54, 1.807) is 7.11 Å². The summed E-state index contributed by atoms with van der Waals surface area (Å²) in [7, 11) is 3.64. The van der Waals surface area contributed by atoms with Gasteiger partial charge < -0.3 is 15.4 Å². The highest BCUT2D eigenvalue weighted by atomic mass is 16.5. The average Bonchev–Trinajstić information content (AvgIpc) is 2.46. The molecule has 0 atom stereocenters. The number of hydrogen-bond acceptors (Lipinski definition) is 4. The second kappa shape index (κ2) is 5.71. The van der Waals surface area contributed by atoms with Gasteiger partial charge in [0.05, 0.1) is 12.8 Å². The number of pyridine rings is 1. The van der Waals surface area contributed by atoms with Crippen LogP contribution in [0.1, 0.15) is 11.3 Å². The molecular weight excluding hydrogens is 238 g/mol. The molecular formula is C15H19N3O. The van der Waals surface area contributed by atoms with E-state index < -0.39 is 0 Å². The summed E-state index contributed by atoms with van der Waals surface area (Å²) in [6.45, 7) is 2.43. The minimum absolute atomic E-state index is 0.460. The van der Waals surface area contributed by atoms with Crippen LogP contribution in [0.25, 0.3) is 0 Å². The Morgan fingerprint density at radius 2 is 1.95 bits per heavy atom. The van der Waals surface area contributed by atoms with Gasteiger partial charge in [-0.3, -0.25) is 0 Å². The van der Waals surface area contributed by atoms with E-state index in [-0.39, 0.29) is 0 Å². The van der Waals surface area contributed by atoms with Crippen LogP contribution in [0.15, 0.2) is 36.4 Å². The summed E-state index contributed by atoms with van der Waals surface area (Å²) in [6, 6.07) is 11.9. The lowest BCUT2D eigenvalue weighted by Gasteiger charge is -2.23. The molecule has 0 bridgehead atoms. The van der Waals surface area contributed by atoms with E-state index >= 15 is 0 Å². The van der Waals surface area contributed by atoms with Gasteiger partial charge in [0.25, 0.3) is 0 Å². The highest BCUT2D eigenvalue weighted by Gasteiger charge is 2.13. The van der Waals surface area contributed by atoms with Gasteiger partial charge in [-0.25, -0.2) is 4.98 Å². The van der Waals surface area contributed by atoms with Crippen LogP contribution in [0.2, 0.25) is 0 Å². The van der Waals surface area contributed by atoms with Gasteiger partial charge in [0, 0.05) is 24.8 Å². The summed E-state index contributed by atoms with van der Waals surface area (Å²) in [5.41, 5.74) is 8.74. The molecule has 4 heteroatoms. The molecule has 0 saturated heterocycles. The van der Waals surface area contributed by atoms with E-state index in [0.717, 1.165) is 28.5 Å². The van der Waals surface area contributed by atoms with E-state index in [1.807, 2.05) is 55.3 Å². The van der Waals surface area contributed by atoms with Crippen LogP contribution >= 0.6 is 0 Å². The third kappa shape index (κ3) is 2.69. The number of hydrogen-bond donors (Lipinski definition) is 1. The van der Waals surface area contributed by atoms with Gasteiger partial charge in [-0.15, -0.1) is 0 Å². The fourth-order valence-corrected chi connectivity index (χ4v) is 2.04. The van der Waals surface area contributed by atoms with Crippen molar-refractivity contribution in [2.45, 2.75) is 13.5 Å². The fourth-order valence-electron chi connectivity index (χ4n) is 2.04. The van der Waals surface area contributed by atoms with Gasteiger partial charge in [-0.05, 0) is 25.1 Å². The van der Waals surface area contributed by atoms with E-state index in [1.165, 1.54) is 0 Å². The fraction of sp³-hybridized carbons (Fsp3) is 0.267. The number of nitrogens with two attached hydrogens (primary N) is 1. The van der Waals surface area contributed by atoms with Gasteiger partial charge in [0.1, 0.15) is 11.6 Å². The van der Waals surface area contributed by atoms with Crippen LogP contribution in [0, 0.1) is 6.92 Å². The number of aryl methyl sites for hydroxylation is 1. The van der Waals surface area contributed by atoms with Crippen molar-refractivity contribution < 1.29 is 4.74 Å². The van der Waals surface area contributed by atoms with Crippen molar-refractivity contribution in [2.24, 2.45) is 5.73 Å². The van der Waals surface area contributed by atoms with Crippen LogP contribution in [0.4, 0.5) is 11.5 Å². The SMILES string of the molecule is COc1ccccc1N(C)c1nc(C)ccc1CN. The standard InChI is InChI=1S/C15H19N3O/c1-11-8-9-12(10-16)15(17-11)18(2)13-6-4-5-7-14(13)19-3/h4-9H,10,16H2,1-3H3. The Kier molecular flexibility index (Phi) is 4.02. The van der Waals surface area contributed by atoms with Crippen molar-refractivity contribution in [3.63, 3.8) is 0 Å². The minimum Gasteiger partial charge on any atom is -0.495 e. The summed E-state index contributed by atoms with van der Waals surface area (Å²) in [5.74, 6) is 1.68. The number of nitrogens with zero attached hydrogens (tertiary/aromatic N) is 2. The van der Waals surface area contributed by atoms with Crippen LogP contribution in [0.3, 0.4) is 0 Å². The molecule has 1 aromatic heterocycles. The van der Waals surface area contributed by atoms with Crippen LogP contribution in [0.5, 0.6) is 5.75 Å². The molecule has 0 saturated carbocycles. The van der Waals surface area contributed by atoms with Crippen molar-refractivity contribution >= 4 is 11.5 Å². The van der Waals surface area contributed by atoms with Crippen LogP contribution in [-0.4, -0.2) is 19.1 Å². The minimum atomic E-state index is 0.460. The smallest absolute Gasteiger partial charge is 0.142 e. The summed E-state index contributed by atoms with van der Waals surface area (Å²) in [5, 5.41) is 0. The molecule has 0 amide bonds. The quantitative estimate of drug-likeness (QED) is 0.914. The number of benzene rings is 1. The first-order chi connectivity index (χ1) is 9.17. The molecule has 2 aromatic rings. The summed E-state index contributed by atoms with van der Waals surface area (Å²) >= 11 is 0. The first-order valence-electron chi connectivity index (χ1n) is 6.20. The lowest BCUT2D eigenvalue weighted by molar-refractivity contribution is 0.415. The molecule has 0 aliphatic rings. The predicted octanol–water partition coefficient (Wildman–Crippen LogP) is 2.63. The first-order valence-corrected chi connectivity index (χ1v) is 6.20. The van der Waals surface area contributed by atoms with E-state index in [2.05, 4.69) is 4.98 Å². The number of aromatic nitrogens is 1. The Hall–Kier alpha value is -2.07. The Labute approximate surface area is 113 Å². The average molecular weight is 257 g/mol. The molecule has 0 aliphatic carbocycles. The zero-order chi connectivity index (χ0) is 13.8. The van der Waals surface area contributed by atoms with Gasteiger partial charge in [-0.1, -0.05) is 18.2 Å². The third-order valence-electron chi connectivity index (χ3n) is 3.08. The maximum atomic E-state index is 5.79. The lowest BCUT2D eigenvalue weighted by Crippen LogP contribution is -2.16. The number of ether oxygens (including phenoxy) is 1. The highest BCUT2D eigenvalue weighted by molar-refractivity contribution is 5.68. The van der Waals surface area contributed by atoms with Gasteiger partial charge in [0.15, 0.2) is 0 Å². The molecule has 2 N–H and O–H groups in total. The molecule has 0 radical (unpaired) electrons. The summed E-state index contributed by atoms with van der Waals surface area (Å²) in [6.07, 6.45) is 0. The second-order valence-electron chi connectivity index (χ2n) is 4.37. The number of methoxy groups -OCH3 is 1. The Morgan fingerprint density at radius 1 is 1.21 bits per heavy atom. The molecule has 19 heavy (non-hydrogen) atoms. The highest BCUT2D eigenvalue weighted by Crippen LogP contribution is 2.32. The van der Waals surface area contributed by atoms with Crippen LogP contribution < -0.4 is 15.4 Å². The van der Waals surface area contributed by atoms with Crippen molar-refractivity contribution in [3.05, 3.63) is 47.7 Å². The number of rotatable bonds is 4. The van der Waals surface area contributed by atoms with Crippen molar-refractivity contribution in [1.82, 2.24) is 4.98 Å². The first kappa shape index (κ1) is 13.4. The van der Waals surface area contributed by atoms with Gasteiger partial charge >= 0.3 is 0 Å². The van der Waals surface area contributed by atoms with Crippen molar-refractivity contribution in [1.29, 1.82) is 0 Å². The maximum absolute atomic E-state index is 5.79. The van der Waals surface area contributed by atoms with Crippen molar-refractivity contribution in [2.75, 3.05) is 19.1 Å². The topological polar surface area (TPSA) is 51.4 Å². The molecule has 1 heterocycles. The van der Waals surface area contributed by atoms with Crippen molar-refractivity contribution in [3.8, 4) is 5.75 Å². The maximum Gasteiger partial charge on any atom is 0.142 e. The third-order valence-corrected chi connectivity index (χ3v) is 3.08. The zero-order valence-electron chi connectivity index (χ0n) is 11.6. The monoisotopic (exact) mass is 257 g/mol. The molecule has 0 fully saturated rings. The van der Waals surface area contributed by atoms with E-state index in [4.69, 9.17) is 10.5 Å². The zero-order valence-corrected chi connectivity index (χ0v) is 11.6. The Bertz CT molecular complexity index is 569. The summed E-state index contributed by atoms with van der Waals surface area (Å²) < 4.78 is 5.39. The van der Waals surface area contributed by atoms with Gasteiger partial charge in [0.2, 0.25) is 0 Å². The lowest BCUT2D eigenvalue weighted by atomic mass is 10.2. The molecule has 4 nitrogen and oxygen atoms in total. The second-order valence-corrected chi connectivity index (χ2v) is 4.37. The Balaban J connectivity index is 2.49. The molecule has 0 unspecified atom stereocenters. The molecule has 100 valence electrons. The largest absolute Gasteiger partial charge is 0.495 e. The molecule has 0 aliphatic heterocycles. The molecule has 0 spiro atoms. The molecule has 2 rings (SSSR count). The normalized spacial score (nSPS) is 10.3. The number of anilines is 2. The summed E-state index contributed by atoms with van der Waals surface area (Å²) in [4.78, 5) is 6.59. The predicted molar refractivity (Wildman–Crippen MR) is 77.9 cm³/mol. The molecule has 1 aromatic carbocycles. The number of para-hydroxylation sites is 2. The van der Waals surface area contributed by atoms with Gasteiger partial charge in [-0.2, -0.15) is 0 Å². The Morgan fingerprint density at radius 3 is 2.63 bits per heavy atom. The van der Waals surface area contributed by atoms with E-state index in [0.29, 0.717) is 6.54 Å². The van der Waals surface area contributed by atoms with E-state index in [9.17, 15) is 0 Å².